The summed E-state index contributed by atoms with van der Waals surface area (Å²) in [6, 6.07) is 19.0. The molecule has 29 heavy (non-hydrogen) atoms. The van der Waals surface area contributed by atoms with Gasteiger partial charge in [-0.1, -0.05) is 40.2 Å². The van der Waals surface area contributed by atoms with Crippen LogP contribution in [0.5, 0.6) is 0 Å². The molecule has 1 heterocycles. The summed E-state index contributed by atoms with van der Waals surface area (Å²) in [6.07, 6.45) is 0. The molecule has 0 spiro atoms. The van der Waals surface area contributed by atoms with Crippen LogP contribution in [0.1, 0.15) is 28.5 Å². The van der Waals surface area contributed by atoms with Crippen LogP contribution in [0.2, 0.25) is 0 Å². The van der Waals surface area contributed by atoms with E-state index < -0.39 is 0 Å². The first kappa shape index (κ1) is 20.7. The molecule has 2 aromatic carbocycles. The largest absolute Gasteiger partial charge is 0.342 e. The molecule has 0 radical (unpaired) electrons. The molecule has 0 saturated carbocycles. The molecule has 0 fully saturated rings. The van der Waals surface area contributed by atoms with E-state index in [1.165, 1.54) is 6.92 Å². The van der Waals surface area contributed by atoms with Crippen LogP contribution in [0.3, 0.4) is 0 Å². The van der Waals surface area contributed by atoms with E-state index in [4.69, 9.17) is 0 Å². The Kier molecular flexibility index (Phi) is 6.44. The third kappa shape index (κ3) is 5.29. The second-order valence-corrected chi connectivity index (χ2v) is 7.79. The quantitative estimate of drug-likeness (QED) is 0.590. The third-order valence-electron chi connectivity index (χ3n) is 4.59. The molecule has 3 aromatic rings. The lowest BCUT2D eigenvalue weighted by atomic mass is 10.1. The fraction of sp³-hybridized carbons (Fsp3) is 0.174. The SMILES string of the molecule is CC(=O)N(C)Cc1cccc(NC(=O)c2ccc(-c3cccc(Br)c3)nc2C)c1. The minimum Gasteiger partial charge on any atom is -0.342 e. The first-order valence-electron chi connectivity index (χ1n) is 9.19. The van der Waals surface area contributed by atoms with Crippen molar-refractivity contribution in [1.82, 2.24) is 9.88 Å². The van der Waals surface area contributed by atoms with Crippen molar-refractivity contribution in [2.24, 2.45) is 0 Å². The van der Waals surface area contributed by atoms with Crippen LogP contribution in [0.15, 0.2) is 65.1 Å². The molecule has 0 aliphatic rings. The fourth-order valence-electron chi connectivity index (χ4n) is 2.94. The van der Waals surface area contributed by atoms with Crippen molar-refractivity contribution in [2.45, 2.75) is 20.4 Å². The number of carbonyl (C=O) groups excluding carboxylic acids is 2. The Hall–Kier alpha value is -2.99. The van der Waals surface area contributed by atoms with Gasteiger partial charge in [0.1, 0.15) is 0 Å². The summed E-state index contributed by atoms with van der Waals surface area (Å²) in [5.74, 6) is -0.223. The highest BCUT2D eigenvalue weighted by Gasteiger charge is 2.13. The van der Waals surface area contributed by atoms with Gasteiger partial charge in [-0.15, -0.1) is 0 Å². The molecule has 0 aliphatic carbocycles. The zero-order chi connectivity index (χ0) is 21.0. The maximum atomic E-state index is 12.8. The molecule has 0 unspecified atom stereocenters. The number of aryl methyl sites for hydroxylation is 1. The van der Waals surface area contributed by atoms with E-state index >= 15 is 0 Å². The lowest BCUT2D eigenvalue weighted by Gasteiger charge is -2.15. The van der Waals surface area contributed by atoms with Crippen molar-refractivity contribution in [3.8, 4) is 11.3 Å². The zero-order valence-electron chi connectivity index (χ0n) is 16.6. The predicted octanol–water partition coefficient (Wildman–Crippen LogP) is 5.05. The van der Waals surface area contributed by atoms with Crippen LogP contribution in [0.25, 0.3) is 11.3 Å². The number of rotatable bonds is 5. The molecular formula is C23H22BrN3O2. The number of hydrogen-bond donors (Lipinski definition) is 1. The van der Waals surface area contributed by atoms with Gasteiger partial charge < -0.3 is 10.2 Å². The Bertz CT molecular complexity index is 1070. The molecule has 0 saturated heterocycles. The van der Waals surface area contributed by atoms with Crippen LogP contribution in [0, 0.1) is 6.92 Å². The van der Waals surface area contributed by atoms with Crippen molar-refractivity contribution >= 4 is 33.4 Å². The average molecular weight is 452 g/mol. The monoisotopic (exact) mass is 451 g/mol. The van der Waals surface area contributed by atoms with Gasteiger partial charge in [-0.2, -0.15) is 0 Å². The van der Waals surface area contributed by atoms with Gasteiger partial charge in [-0.25, -0.2) is 0 Å². The van der Waals surface area contributed by atoms with Gasteiger partial charge in [0, 0.05) is 36.2 Å². The van der Waals surface area contributed by atoms with E-state index in [0.717, 1.165) is 21.3 Å². The summed E-state index contributed by atoms with van der Waals surface area (Å²) in [6.45, 7) is 3.84. The normalized spacial score (nSPS) is 10.5. The van der Waals surface area contributed by atoms with E-state index in [9.17, 15) is 9.59 Å². The summed E-state index contributed by atoms with van der Waals surface area (Å²) < 4.78 is 0.978. The Morgan fingerprint density at radius 2 is 1.83 bits per heavy atom. The van der Waals surface area contributed by atoms with Gasteiger partial charge in [0.2, 0.25) is 5.91 Å². The Balaban J connectivity index is 1.77. The van der Waals surface area contributed by atoms with Gasteiger partial charge in [0.25, 0.3) is 5.91 Å². The minimum absolute atomic E-state index is 0.00771. The minimum atomic E-state index is -0.215. The number of aromatic nitrogens is 1. The van der Waals surface area contributed by atoms with Gasteiger partial charge in [-0.3, -0.25) is 14.6 Å². The van der Waals surface area contributed by atoms with Crippen LogP contribution < -0.4 is 5.32 Å². The fourth-order valence-corrected chi connectivity index (χ4v) is 3.34. The molecular weight excluding hydrogens is 430 g/mol. The molecule has 3 rings (SSSR count). The van der Waals surface area contributed by atoms with Gasteiger partial charge in [-0.05, 0) is 48.9 Å². The highest BCUT2D eigenvalue weighted by Crippen LogP contribution is 2.23. The molecule has 2 amide bonds. The van der Waals surface area contributed by atoms with E-state index in [1.807, 2.05) is 61.5 Å². The first-order chi connectivity index (χ1) is 13.8. The summed E-state index contributed by atoms with van der Waals surface area (Å²) >= 11 is 3.47. The van der Waals surface area contributed by atoms with Gasteiger partial charge in [0.15, 0.2) is 0 Å². The molecule has 1 aromatic heterocycles. The molecule has 5 nitrogen and oxygen atoms in total. The maximum absolute atomic E-state index is 12.8. The summed E-state index contributed by atoms with van der Waals surface area (Å²) in [5, 5.41) is 2.92. The summed E-state index contributed by atoms with van der Waals surface area (Å²) in [5.41, 5.74) is 4.61. The Labute approximate surface area is 178 Å². The van der Waals surface area contributed by atoms with Crippen LogP contribution in [-0.4, -0.2) is 28.7 Å². The first-order valence-corrected chi connectivity index (χ1v) is 9.98. The van der Waals surface area contributed by atoms with E-state index in [2.05, 4.69) is 26.2 Å². The van der Waals surface area contributed by atoms with Crippen molar-refractivity contribution in [3.63, 3.8) is 0 Å². The highest BCUT2D eigenvalue weighted by molar-refractivity contribution is 9.10. The molecule has 0 aliphatic heterocycles. The number of hydrogen-bond acceptors (Lipinski definition) is 3. The molecule has 0 atom stereocenters. The molecule has 1 N–H and O–H groups in total. The Morgan fingerprint density at radius 1 is 1.07 bits per heavy atom. The van der Waals surface area contributed by atoms with Crippen molar-refractivity contribution in [1.29, 1.82) is 0 Å². The standard InChI is InChI=1S/C23H22BrN3O2/c1-15-21(10-11-22(25-15)18-7-5-8-19(24)13-18)23(29)26-20-9-4-6-17(12-20)14-27(3)16(2)28/h4-13H,14H2,1-3H3,(H,26,29). The van der Waals surface area contributed by atoms with Crippen LogP contribution >= 0.6 is 15.9 Å². The van der Waals surface area contributed by atoms with Crippen molar-refractivity contribution in [2.75, 3.05) is 12.4 Å². The van der Waals surface area contributed by atoms with Gasteiger partial charge >= 0.3 is 0 Å². The van der Waals surface area contributed by atoms with E-state index in [0.29, 0.717) is 23.5 Å². The summed E-state index contributed by atoms with van der Waals surface area (Å²) in [7, 11) is 1.75. The number of nitrogens with one attached hydrogen (secondary N) is 1. The molecule has 148 valence electrons. The number of nitrogens with zero attached hydrogens (tertiary/aromatic N) is 2. The number of amides is 2. The third-order valence-corrected chi connectivity index (χ3v) is 5.09. The number of pyridine rings is 1. The van der Waals surface area contributed by atoms with E-state index in [-0.39, 0.29) is 11.8 Å². The maximum Gasteiger partial charge on any atom is 0.257 e. The second-order valence-electron chi connectivity index (χ2n) is 6.87. The molecule has 0 bridgehead atoms. The highest BCUT2D eigenvalue weighted by atomic mass is 79.9. The lowest BCUT2D eigenvalue weighted by molar-refractivity contribution is -0.128. The smallest absolute Gasteiger partial charge is 0.257 e. The summed E-state index contributed by atoms with van der Waals surface area (Å²) in [4.78, 5) is 30.4. The number of halogens is 1. The van der Waals surface area contributed by atoms with Crippen molar-refractivity contribution < 1.29 is 9.59 Å². The van der Waals surface area contributed by atoms with E-state index in [1.54, 1.807) is 18.0 Å². The topological polar surface area (TPSA) is 62.3 Å². The van der Waals surface area contributed by atoms with Gasteiger partial charge in [0.05, 0.1) is 17.0 Å². The predicted molar refractivity (Wildman–Crippen MR) is 119 cm³/mol. The van der Waals surface area contributed by atoms with Crippen molar-refractivity contribution in [3.05, 3.63) is 82.0 Å². The zero-order valence-corrected chi connectivity index (χ0v) is 18.2. The molecule has 6 heteroatoms. The number of benzene rings is 2. The van der Waals surface area contributed by atoms with Crippen LogP contribution in [-0.2, 0) is 11.3 Å². The second kappa shape index (κ2) is 9.01. The van der Waals surface area contributed by atoms with Crippen LogP contribution in [0.4, 0.5) is 5.69 Å². The number of carbonyl (C=O) groups is 2. The Morgan fingerprint density at radius 3 is 2.52 bits per heavy atom. The lowest BCUT2D eigenvalue weighted by Crippen LogP contribution is -2.23. The number of anilines is 1. The average Bonchev–Trinajstić information content (AvgIpc) is 2.68.